The van der Waals surface area contributed by atoms with Crippen LogP contribution < -0.4 is 0 Å². The van der Waals surface area contributed by atoms with E-state index in [1.165, 1.54) is 11.1 Å². The topological polar surface area (TPSA) is 68.0 Å². The second kappa shape index (κ2) is 3.94. The number of carboxylic acid groups (broad SMARTS) is 1. The van der Waals surface area contributed by atoms with Crippen LogP contribution in [0.2, 0.25) is 0 Å². The van der Waals surface area contributed by atoms with Crippen molar-refractivity contribution in [1.82, 2.24) is 14.8 Å². The zero-order valence-corrected chi connectivity index (χ0v) is 10.1. The Balaban J connectivity index is 2.06. The first-order valence-corrected chi connectivity index (χ1v) is 5.89. The molecular weight excluding hydrogens is 230 g/mol. The van der Waals surface area contributed by atoms with Crippen LogP contribution in [-0.4, -0.2) is 25.8 Å². The Morgan fingerprint density at radius 3 is 3.11 bits per heavy atom. The molecule has 0 saturated carbocycles. The van der Waals surface area contributed by atoms with Crippen LogP contribution in [0.15, 0.2) is 18.2 Å². The standard InChI is InChI=1S/C13H13N3O2/c1-8-2-3-10-9(6-8)4-5-16-13(10)14-11(15-16)7-12(17)18/h2-3,6H,4-5,7H2,1H3,(H,17,18). The van der Waals surface area contributed by atoms with Gasteiger partial charge in [-0.25, -0.2) is 9.67 Å². The van der Waals surface area contributed by atoms with E-state index in [0.717, 1.165) is 24.4 Å². The Morgan fingerprint density at radius 2 is 2.33 bits per heavy atom. The highest BCUT2D eigenvalue weighted by Crippen LogP contribution is 2.28. The third kappa shape index (κ3) is 1.77. The Bertz CT molecular complexity index is 631. The van der Waals surface area contributed by atoms with Crippen LogP contribution in [0.4, 0.5) is 0 Å². The van der Waals surface area contributed by atoms with Crippen molar-refractivity contribution < 1.29 is 9.90 Å². The number of carboxylic acids is 1. The lowest BCUT2D eigenvalue weighted by atomic mass is 9.99. The van der Waals surface area contributed by atoms with E-state index >= 15 is 0 Å². The van der Waals surface area contributed by atoms with Gasteiger partial charge in [-0.2, -0.15) is 5.10 Å². The second-order valence-electron chi connectivity index (χ2n) is 4.56. The Morgan fingerprint density at radius 1 is 1.50 bits per heavy atom. The van der Waals surface area contributed by atoms with E-state index in [9.17, 15) is 4.79 Å². The van der Waals surface area contributed by atoms with Gasteiger partial charge in [0.15, 0.2) is 11.6 Å². The summed E-state index contributed by atoms with van der Waals surface area (Å²) in [4.78, 5) is 15.0. The summed E-state index contributed by atoms with van der Waals surface area (Å²) in [6, 6.07) is 6.24. The lowest BCUT2D eigenvalue weighted by Crippen LogP contribution is -2.12. The number of aromatic nitrogens is 3. The van der Waals surface area contributed by atoms with Gasteiger partial charge in [0.1, 0.15) is 6.42 Å². The van der Waals surface area contributed by atoms with Crippen LogP contribution in [0.5, 0.6) is 0 Å². The second-order valence-corrected chi connectivity index (χ2v) is 4.56. The molecule has 0 saturated heterocycles. The normalized spacial score (nSPS) is 12.9. The van der Waals surface area contributed by atoms with Crippen LogP contribution in [0, 0.1) is 6.92 Å². The van der Waals surface area contributed by atoms with Gasteiger partial charge >= 0.3 is 5.97 Å². The van der Waals surface area contributed by atoms with Crippen LogP contribution in [0.3, 0.4) is 0 Å². The highest BCUT2D eigenvalue weighted by Gasteiger charge is 2.20. The maximum Gasteiger partial charge on any atom is 0.311 e. The largest absolute Gasteiger partial charge is 0.481 e. The number of fused-ring (bicyclic) bond motifs is 3. The third-order valence-electron chi connectivity index (χ3n) is 3.12. The van der Waals surface area contributed by atoms with E-state index < -0.39 is 5.97 Å². The van der Waals surface area contributed by atoms with Crippen molar-refractivity contribution in [2.24, 2.45) is 0 Å². The minimum absolute atomic E-state index is 0.124. The zero-order chi connectivity index (χ0) is 12.7. The first-order valence-electron chi connectivity index (χ1n) is 5.89. The molecule has 0 fully saturated rings. The molecule has 0 spiro atoms. The summed E-state index contributed by atoms with van der Waals surface area (Å²) >= 11 is 0. The molecule has 2 heterocycles. The van der Waals surface area contributed by atoms with Gasteiger partial charge in [-0.1, -0.05) is 23.8 Å². The summed E-state index contributed by atoms with van der Waals surface area (Å²) < 4.78 is 1.80. The van der Waals surface area contributed by atoms with Crippen molar-refractivity contribution in [3.63, 3.8) is 0 Å². The summed E-state index contributed by atoms with van der Waals surface area (Å²) in [7, 11) is 0. The fraction of sp³-hybridized carbons (Fsp3) is 0.308. The average molecular weight is 243 g/mol. The van der Waals surface area contributed by atoms with Gasteiger partial charge in [0.05, 0.1) is 0 Å². The lowest BCUT2D eigenvalue weighted by Gasteiger charge is -2.16. The van der Waals surface area contributed by atoms with Crippen LogP contribution in [0.1, 0.15) is 17.0 Å². The Labute approximate surface area is 104 Å². The van der Waals surface area contributed by atoms with E-state index in [-0.39, 0.29) is 6.42 Å². The summed E-state index contributed by atoms with van der Waals surface area (Å²) in [5, 5.41) is 13.0. The van der Waals surface area contributed by atoms with Gasteiger partial charge in [0, 0.05) is 12.1 Å². The lowest BCUT2D eigenvalue weighted by molar-refractivity contribution is -0.136. The minimum atomic E-state index is -0.901. The number of benzene rings is 1. The summed E-state index contributed by atoms with van der Waals surface area (Å²) in [5.74, 6) is 0.264. The third-order valence-corrected chi connectivity index (χ3v) is 3.12. The molecule has 3 rings (SSSR count). The number of hydrogen-bond acceptors (Lipinski definition) is 3. The average Bonchev–Trinajstić information content (AvgIpc) is 2.70. The van der Waals surface area contributed by atoms with Crippen LogP contribution >= 0.6 is 0 Å². The molecule has 2 aromatic rings. The van der Waals surface area contributed by atoms with Gasteiger partial charge in [0.2, 0.25) is 0 Å². The first kappa shape index (κ1) is 11.0. The minimum Gasteiger partial charge on any atom is -0.481 e. The summed E-state index contributed by atoms with van der Waals surface area (Å²) in [6.07, 6.45) is 0.793. The van der Waals surface area contributed by atoms with Gasteiger partial charge in [-0.05, 0) is 18.9 Å². The first-order chi connectivity index (χ1) is 8.63. The van der Waals surface area contributed by atoms with Crippen LogP contribution in [0.25, 0.3) is 11.4 Å². The highest BCUT2D eigenvalue weighted by atomic mass is 16.4. The molecule has 1 aliphatic rings. The fourth-order valence-electron chi connectivity index (χ4n) is 2.33. The number of rotatable bonds is 2. The van der Waals surface area contributed by atoms with E-state index in [0.29, 0.717) is 5.82 Å². The summed E-state index contributed by atoms with van der Waals surface area (Å²) in [6.45, 7) is 2.83. The smallest absolute Gasteiger partial charge is 0.311 e. The maximum atomic E-state index is 10.7. The molecule has 1 aromatic heterocycles. The molecule has 0 unspecified atom stereocenters. The van der Waals surface area contributed by atoms with Crippen molar-refractivity contribution >= 4 is 5.97 Å². The SMILES string of the molecule is Cc1ccc2c(c1)CCn1nc(CC(=O)O)nc1-2. The maximum absolute atomic E-state index is 10.7. The van der Waals surface area contributed by atoms with E-state index in [1.807, 2.05) is 12.1 Å². The molecule has 1 aromatic carbocycles. The van der Waals surface area contributed by atoms with Crippen molar-refractivity contribution in [1.29, 1.82) is 0 Å². The van der Waals surface area contributed by atoms with Gasteiger partial charge in [-0.3, -0.25) is 4.79 Å². The van der Waals surface area contributed by atoms with E-state index in [1.54, 1.807) is 4.68 Å². The highest BCUT2D eigenvalue weighted by molar-refractivity contribution is 5.69. The number of carbonyl (C=O) groups is 1. The molecule has 0 atom stereocenters. The molecule has 1 N–H and O–H groups in total. The molecule has 5 nitrogen and oxygen atoms in total. The van der Waals surface area contributed by atoms with Crippen molar-refractivity contribution in [2.75, 3.05) is 0 Å². The predicted octanol–water partition coefficient (Wildman–Crippen LogP) is 1.44. The number of hydrogen-bond donors (Lipinski definition) is 1. The van der Waals surface area contributed by atoms with Crippen molar-refractivity contribution in [2.45, 2.75) is 26.3 Å². The van der Waals surface area contributed by atoms with Gasteiger partial charge < -0.3 is 5.11 Å². The van der Waals surface area contributed by atoms with E-state index in [2.05, 4.69) is 23.1 Å². The zero-order valence-electron chi connectivity index (χ0n) is 10.1. The molecule has 0 radical (unpaired) electrons. The summed E-state index contributed by atoms with van der Waals surface area (Å²) in [5.41, 5.74) is 3.56. The molecule has 1 aliphatic heterocycles. The van der Waals surface area contributed by atoms with Gasteiger partial charge in [0.25, 0.3) is 0 Å². The van der Waals surface area contributed by atoms with Crippen molar-refractivity contribution in [3.8, 4) is 11.4 Å². The molecule has 5 heteroatoms. The molecule has 0 bridgehead atoms. The quantitative estimate of drug-likeness (QED) is 0.866. The number of nitrogens with zero attached hydrogens (tertiary/aromatic N) is 3. The van der Waals surface area contributed by atoms with E-state index in [4.69, 9.17) is 5.11 Å². The molecule has 92 valence electrons. The molecule has 0 aliphatic carbocycles. The number of aryl methyl sites for hydroxylation is 3. The van der Waals surface area contributed by atoms with Gasteiger partial charge in [-0.15, -0.1) is 0 Å². The monoisotopic (exact) mass is 243 g/mol. The Hall–Kier alpha value is -2.17. The molecular formula is C13H13N3O2. The fourth-order valence-corrected chi connectivity index (χ4v) is 2.33. The Kier molecular flexibility index (Phi) is 2.40. The van der Waals surface area contributed by atoms with Crippen molar-refractivity contribution in [3.05, 3.63) is 35.2 Å². The molecule has 18 heavy (non-hydrogen) atoms. The number of aliphatic carboxylic acids is 1. The molecule has 0 amide bonds. The van der Waals surface area contributed by atoms with Crippen LogP contribution in [-0.2, 0) is 24.2 Å². The predicted molar refractivity (Wildman–Crippen MR) is 65.2 cm³/mol.